The van der Waals surface area contributed by atoms with E-state index in [0.717, 1.165) is 13.0 Å². The van der Waals surface area contributed by atoms with Crippen molar-refractivity contribution in [1.82, 2.24) is 15.2 Å². The van der Waals surface area contributed by atoms with Crippen molar-refractivity contribution >= 4 is 30.7 Å². The average molecular weight is 322 g/mol. The van der Waals surface area contributed by atoms with E-state index in [9.17, 15) is 4.79 Å². The zero-order valence-corrected chi connectivity index (χ0v) is 13.1. The molecule has 1 aliphatic heterocycles. The molecule has 5 nitrogen and oxygen atoms in total. The molecule has 1 aromatic rings. The second-order valence-electron chi connectivity index (χ2n) is 4.45. The van der Waals surface area contributed by atoms with Crippen molar-refractivity contribution in [3.05, 3.63) is 30.1 Å². The van der Waals surface area contributed by atoms with Crippen LogP contribution < -0.4 is 5.32 Å². The zero-order valence-electron chi connectivity index (χ0n) is 11.4. The van der Waals surface area contributed by atoms with Crippen LogP contribution >= 0.6 is 24.8 Å². The molecule has 0 radical (unpaired) electrons. The predicted molar refractivity (Wildman–Crippen MR) is 82.7 cm³/mol. The van der Waals surface area contributed by atoms with E-state index in [1.807, 2.05) is 19.2 Å². The number of ether oxygens (including phenoxy) is 1. The number of aromatic nitrogens is 1. The number of amides is 1. The van der Waals surface area contributed by atoms with Crippen molar-refractivity contribution in [2.75, 3.05) is 33.4 Å². The zero-order chi connectivity index (χ0) is 12.8. The van der Waals surface area contributed by atoms with Crippen LogP contribution in [0.3, 0.4) is 0 Å². The van der Waals surface area contributed by atoms with E-state index < -0.39 is 0 Å². The summed E-state index contributed by atoms with van der Waals surface area (Å²) in [5, 5.41) is 3.17. The highest BCUT2D eigenvalue weighted by Crippen LogP contribution is 2.02. The number of carbonyl (C=O) groups is 1. The third kappa shape index (κ3) is 5.63. The third-order valence-corrected chi connectivity index (χ3v) is 3.08. The van der Waals surface area contributed by atoms with Crippen LogP contribution in [0.2, 0.25) is 0 Å². The molecule has 7 heteroatoms. The van der Waals surface area contributed by atoms with Crippen molar-refractivity contribution in [1.29, 1.82) is 0 Å². The largest absolute Gasteiger partial charge is 0.378 e. The highest BCUT2D eigenvalue weighted by atomic mass is 35.5. The first-order valence-corrected chi connectivity index (χ1v) is 6.22. The smallest absolute Gasteiger partial charge is 0.241 e. The Kier molecular flexibility index (Phi) is 9.50. The monoisotopic (exact) mass is 321 g/mol. The van der Waals surface area contributed by atoms with Gasteiger partial charge in [0.2, 0.25) is 5.91 Å². The van der Waals surface area contributed by atoms with Gasteiger partial charge in [0.25, 0.3) is 0 Å². The Morgan fingerprint density at radius 2 is 2.15 bits per heavy atom. The maximum absolute atomic E-state index is 12.1. The number of hydrogen-bond donors (Lipinski definition) is 1. The molecule has 0 bridgehead atoms. The maximum Gasteiger partial charge on any atom is 0.241 e. The Morgan fingerprint density at radius 1 is 1.45 bits per heavy atom. The molecule has 20 heavy (non-hydrogen) atoms. The van der Waals surface area contributed by atoms with Gasteiger partial charge in [0, 0.05) is 32.5 Å². The number of pyridine rings is 1. The summed E-state index contributed by atoms with van der Waals surface area (Å²) in [6, 6.07) is 3.75. The van der Waals surface area contributed by atoms with Crippen LogP contribution in [0.25, 0.3) is 0 Å². The summed E-state index contributed by atoms with van der Waals surface area (Å²) < 4.78 is 5.30. The van der Waals surface area contributed by atoms with Crippen molar-refractivity contribution < 1.29 is 9.53 Å². The number of nitrogens with zero attached hydrogens (tertiary/aromatic N) is 2. The Labute approximate surface area is 131 Å². The van der Waals surface area contributed by atoms with E-state index >= 15 is 0 Å². The number of rotatable bonds is 4. The quantitative estimate of drug-likeness (QED) is 0.895. The number of morpholine rings is 1. The van der Waals surface area contributed by atoms with E-state index in [1.54, 1.807) is 17.3 Å². The van der Waals surface area contributed by atoms with Crippen LogP contribution in [-0.2, 0) is 16.0 Å². The molecule has 1 atom stereocenters. The molecule has 2 heterocycles. The first kappa shape index (κ1) is 19.1. The highest BCUT2D eigenvalue weighted by molar-refractivity contribution is 5.85. The van der Waals surface area contributed by atoms with E-state index in [-0.39, 0.29) is 36.8 Å². The minimum Gasteiger partial charge on any atom is -0.378 e. The Balaban J connectivity index is 0.00000180. The summed E-state index contributed by atoms with van der Waals surface area (Å²) in [4.78, 5) is 17.8. The first-order valence-electron chi connectivity index (χ1n) is 6.22. The predicted octanol–water partition coefficient (Wildman–Crippen LogP) is 0.914. The molecular weight excluding hydrogens is 301 g/mol. The number of carbonyl (C=O) groups excluding carboxylic acids is 1. The van der Waals surface area contributed by atoms with Gasteiger partial charge in [0.15, 0.2) is 0 Å². The van der Waals surface area contributed by atoms with Crippen molar-refractivity contribution in [2.24, 2.45) is 0 Å². The molecule has 0 saturated carbocycles. The molecule has 1 saturated heterocycles. The van der Waals surface area contributed by atoms with Crippen molar-refractivity contribution in [3.63, 3.8) is 0 Å². The normalized spacial score (nSPS) is 17.6. The Hall–Kier alpha value is -0.880. The topological polar surface area (TPSA) is 54.5 Å². The number of hydrogen-bond acceptors (Lipinski definition) is 4. The van der Waals surface area contributed by atoms with Gasteiger partial charge in [0.1, 0.15) is 6.04 Å². The van der Waals surface area contributed by atoms with Gasteiger partial charge in [-0.05, 0) is 24.1 Å². The van der Waals surface area contributed by atoms with E-state index in [2.05, 4.69) is 10.3 Å². The van der Waals surface area contributed by atoms with Gasteiger partial charge < -0.3 is 15.0 Å². The average Bonchev–Trinajstić information content (AvgIpc) is 2.46. The van der Waals surface area contributed by atoms with Gasteiger partial charge in [-0.1, -0.05) is 0 Å². The lowest BCUT2D eigenvalue weighted by Gasteiger charge is -2.27. The van der Waals surface area contributed by atoms with Gasteiger partial charge in [-0.25, -0.2) is 0 Å². The summed E-state index contributed by atoms with van der Waals surface area (Å²) in [5.41, 5.74) is 1.19. The van der Waals surface area contributed by atoms with Gasteiger partial charge in [-0.15, -0.1) is 24.8 Å². The van der Waals surface area contributed by atoms with Gasteiger partial charge >= 0.3 is 0 Å². The summed E-state index contributed by atoms with van der Waals surface area (Å²) in [6.45, 7) is 2.61. The molecule has 114 valence electrons. The Morgan fingerprint density at radius 3 is 2.75 bits per heavy atom. The lowest BCUT2D eigenvalue weighted by Crippen LogP contribution is -2.51. The Bertz CT molecular complexity index is 386. The molecule has 0 aromatic carbocycles. The minimum atomic E-state index is -0.193. The molecule has 1 fully saturated rings. The van der Waals surface area contributed by atoms with Crippen LogP contribution in [0, 0.1) is 0 Å². The molecule has 1 aliphatic rings. The summed E-state index contributed by atoms with van der Waals surface area (Å²) in [5.74, 6) is 0.101. The minimum absolute atomic E-state index is 0. The third-order valence-electron chi connectivity index (χ3n) is 3.08. The molecular formula is C13H21Cl2N3O2. The fourth-order valence-electron chi connectivity index (χ4n) is 1.95. The van der Waals surface area contributed by atoms with E-state index in [4.69, 9.17) is 4.74 Å². The lowest BCUT2D eigenvalue weighted by atomic mass is 10.2. The maximum atomic E-state index is 12.1. The first-order chi connectivity index (χ1) is 8.77. The number of halogens is 2. The van der Waals surface area contributed by atoms with Crippen LogP contribution in [0.4, 0.5) is 0 Å². The molecule has 0 aliphatic carbocycles. The van der Waals surface area contributed by atoms with Crippen molar-refractivity contribution in [3.8, 4) is 0 Å². The number of nitrogens with one attached hydrogen (secondary N) is 1. The van der Waals surface area contributed by atoms with Crippen LogP contribution in [0.15, 0.2) is 24.5 Å². The standard InChI is InChI=1S/C13H19N3O2.2ClH/c1-16(8-4-11-2-5-14-6-3-11)13(17)12-10-18-9-7-15-12;;/h2-3,5-6,12,15H,4,7-10H2,1H3;2*1H. The van der Waals surface area contributed by atoms with Gasteiger partial charge in [0.05, 0.1) is 13.2 Å². The van der Waals surface area contributed by atoms with E-state index in [1.165, 1.54) is 5.56 Å². The van der Waals surface area contributed by atoms with Gasteiger partial charge in [-0.2, -0.15) is 0 Å². The lowest BCUT2D eigenvalue weighted by molar-refractivity contribution is -0.135. The molecule has 2 rings (SSSR count). The summed E-state index contributed by atoms with van der Waals surface area (Å²) in [6.07, 6.45) is 4.39. The molecule has 1 N–H and O–H groups in total. The summed E-state index contributed by atoms with van der Waals surface area (Å²) >= 11 is 0. The van der Waals surface area contributed by atoms with E-state index in [0.29, 0.717) is 19.8 Å². The SMILES string of the molecule is CN(CCc1ccncc1)C(=O)C1COCCN1.Cl.Cl. The molecule has 1 amide bonds. The van der Waals surface area contributed by atoms with Crippen LogP contribution in [0.1, 0.15) is 5.56 Å². The molecule has 1 aromatic heterocycles. The van der Waals surface area contributed by atoms with Crippen LogP contribution in [-0.4, -0.2) is 55.2 Å². The molecule has 1 unspecified atom stereocenters. The summed E-state index contributed by atoms with van der Waals surface area (Å²) in [7, 11) is 1.83. The fraction of sp³-hybridized carbons (Fsp3) is 0.538. The fourth-order valence-corrected chi connectivity index (χ4v) is 1.95. The highest BCUT2D eigenvalue weighted by Gasteiger charge is 2.23. The van der Waals surface area contributed by atoms with Crippen LogP contribution in [0.5, 0.6) is 0 Å². The second kappa shape index (κ2) is 9.94. The van der Waals surface area contributed by atoms with Crippen molar-refractivity contribution in [2.45, 2.75) is 12.5 Å². The number of likely N-dealkylation sites (N-methyl/N-ethyl adjacent to an activating group) is 1. The molecule has 0 spiro atoms. The second-order valence-corrected chi connectivity index (χ2v) is 4.45. The van der Waals surface area contributed by atoms with Gasteiger partial charge in [-0.3, -0.25) is 9.78 Å².